The van der Waals surface area contributed by atoms with Gasteiger partial charge in [0.15, 0.2) is 0 Å². The van der Waals surface area contributed by atoms with Crippen molar-refractivity contribution in [3.63, 3.8) is 0 Å². The quantitative estimate of drug-likeness (QED) is 0.540. The largest absolute Gasteiger partial charge is 0.314 e. The van der Waals surface area contributed by atoms with Gasteiger partial charge in [-0.05, 0) is 68.2 Å². The fraction of sp³-hybridized carbons (Fsp3) is 0.600. The molecule has 0 bridgehead atoms. The van der Waals surface area contributed by atoms with E-state index < -0.39 is 23.8 Å². The highest BCUT2D eigenvalue weighted by Crippen LogP contribution is 2.33. The Balaban J connectivity index is 1.15. The molecule has 3 aliphatic heterocycles. The number of piperidine rings is 1. The first-order valence-corrected chi connectivity index (χ1v) is 12.3. The summed E-state index contributed by atoms with van der Waals surface area (Å²) in [4.78, 5) is 50.5. The molecule has 176 valence electrons. The molecule has 2 saturated heterocycles. The highest BCUT2D eigenvalue weighted by molar-refractivity contribution is 6.23. The SMILES string of the molecule is O=C1CCC(N2C(=O)c3ccc(CCC4CCC(CNC5CNC5)CC4)cc3C2=O)C(=O)N1. The summed E-state index contributed by atoms with van der Waals surface area (Å²) < 4.78 is 0. The molecular formula is C25H32N4O4. The Morgan fingerprint density at radius 1 is 0.909 bits per heavy atom. The van der Waals surface area contributed by atoms with E-state index in [1.807, 2.05) is 12.1 Å². The number of fused-ring (bicyclic) bond motifs is 1. The Hall–Kier alpha value is -2.58. The maximum Gasteiger partial charge on any atom is 0.262 e. The summed E-state index contributed by atoms with van der Waals surface area (Å²) in [5.41, 5.74) is 1.78. The molecule has 3 N–H and O–H groups in total. The third-order valence-electron chi connectivity index (χ3n) is 7.79. The lowest BCUT2D eigenvalue weighted by Gasteiger charge is -2.33. The van der Waals surface area contributed by atoms with Crippen LogP contribution in [0.4, 0.5) is 0 Å². The Kier molecular flexibility index (Phi) is 6.29. The number of rotatable bonds is 7. The van der Waals surface area contributed by atoms with Crippen LogP contribution in [0.15, 0.2) is 18.2 Å². The standard InChI is InChI=1S/C25H32N4O4/c30-22-10-9-21(23(31)28-22)29-24(32)19-8-7-16(11-20(19)25(29)33)4-1-15-2-5-17(6-3-15)12-27-18-13-26-14-18/h7-8,11,15,17-18,21,26-27H,1-6,9-10,12-14H2,(H,28,30,31). The van der Waals surface area contributed by atoms with Crippen molar-refractivity contribution >= 4 is 23.6 Å². The normalized spacial score (nSPS) is 28.0. The van der Waals surface area contributed by atoms with Crippen molar-refractivity contribution in [3.05, 3.63) is 34.9 Å². The van der Waals surface area contributed by atoms with Crippen LogP contribution in [0, 0.1) is 11.8 Å². The zero-order valence-corrected chi connectivity index (χ0v) is 18.9. The van der Waals surface area contributed by atoms with E-state index in [2.05, 4.69) is 16.0 Å². The van der Waals surface area contributed by atoms with Crippen LogP contribution in [0.3, 0.4) is 0 Å². The predicted octanol–water partition coefficient (Wildman–Crippen LogP) is 1.39. The van der Waals surface area contributed by atoms with Crippen molar-refractivity contribution in [2.45, 2.75) is 63.5 Å². The number of nitrogens with one attached hydrogen (secondary N) is 3. The van der Waals surface area contributed by atoms with E-state index in [0.29, 0.717) is 23.1 Å². The number of carbonyl (C=O) groups excluding carboxylic acids is 4. The fourth-order valence-corrected chi connectivity index (χ4v) is 5.54. The minimum Gasteiger partial charge on any atom is -0.314 e. The first-order chi connectivity index (χ1) is 16.0. The average molecular weight is 453 g/mol. The molecule has 5 rings (SSSR count). The van der Waals surface area contributed by atoms with Gasteiger partial charge in [-0.3, -0.25) is 29.4 Å². The van der Waals surface area contributed by atoms with Gasteiger partial charge in [-0.2, -0.15) is 0 Å². The van der Waals surface area contributed by atoms with Crippen LogP contribution in [0.2, 0.25) is 0 Å². The van der Waals surface area contributed by atoms with Gasteiger partial charge in [-0.1, -0.05) is 18.9 Å². The molecule has 4 aliphatic rings. The van der Waals surface area contributed by atoms with E-state index in [-0.39, 0.29) is 18.7 Å². The monoisotopic (exact) mass is 452 g/mol. The molecule has 0 aromatic heterocycles. The summed E-state index contributed by atoms with van der Waals surface area (Å²) in [7, 11) is 0. The van der Waals surface area contributed by atoms with Crippen LogP contribution in [-0.4, -0.2) is 60.2 Å². The number of imide groups is 2. The second-order valence-corrected chi connectivity index (χ2v) is 10.0. The van der Waals surface area contributed by atoms with Crippen LogP contribution in [0.1, 0.15) is 71.2 Å². The zero-order valence-electron chi connectivity index (χ0n) is 18.9. The van der Waals surface area contributed by atoms with Crippen LogP contribution in [0.25, 0.3) is 0 Å². The lowest BCUT2D eigenvalue weighted by atomic mass is 9.79. The first kappa shape index (κ1) is 22.2. The molecule has 1 aromatic rings. The molecule has 1 atom stereocenters. The third kappa shape index (κ3) is 4.59. The van der Waals surface area contributed by atoms with Crippen LogP contribution in [0.5, 0.6) is 0 Å². The second kappa shape index (κ2) is 9.35. The summed E-state index contributed by atoms with van der Waals surface area (Å²) in [6.45, 7) is 3.31. The van der Waals surface area contributed by atoms with Crippen molar-refractivity contribution in [1.29, 1.82) is 0 Å². The smallest absolute Gasteiger partial charge is 0.262 e. The van der Waals surface area contributed by atoms with Gasteiger partial charge in [0.1, 0.15) is 6.04 Å². The molecule has 8 heteroatoms. The number of benzene rings is 1. The second-order valence-electron chi connectivity index (χ2n) is 10.0. The maximum absolute atomic E-state index is 13.0. The lowest BCUT2D eigenvalue weighted by molar-refractivity contribution is -0.136. The third-order valence-corrected chi connectivity index (χ3v) is 7.79. The van der Waals surface area contributed by atoms with Crippen LogP contribution >= 0.6 is 0 Å². The van der Waals surface area contributed by atoms with Crippen molar-refractivity contribution in [2.75, 3.05) is 19.6 Å². The Morgan fingerprint density at radius 3 is 2.33 bits per heavy atom. The molecule has 3 fully saturated rings. The number of nitrogens with zero attached hydrogens (tertiary/aromatic N) is 1. The van der Waals surface area contributed by atoms with E-state index in [1.165, 1.54) is 25.7 Å². The van der Waals surface area contributed by atoms with E-state index in [0.717, 1.165) is 48.9 Å². The van der Waals surface area contributed by atoms with Crippen LogP contribution < -0.4 is 16.0 Å². The van der Waals surface area contributed by atoms with E-state index in [4.69, 9.17) is 0 Å². The summed E-state index contributed by atoms with van der Waals surface area (Å²) in [6.07, 6.45) is 7.33. The average Bonchev–Trinajstić information content (AvgIpc) is 3.02. The molecule has 1 aromatic carbocycles. The molecule has 33 heavy (non-hydrogen) atoms. The molecule has 1 unspecified atom stereocenters. The maximum atomic E-state index is 13.0. The van der Waals surface area contributed by atoms with Crippen LogP contribution in [-0.2, 0) is 16.0 Å². The van der Waals surface area contributed by atoms with Gasteiger partial charge in [-0.15, -0.1) is 0 Å². The first-order valence-electron chi connectivity index (χ1n) is 12.3. The van der Waals surface area contributed by atoms with Gasteiger partial charge >= 0.3 is 0 Å². The van der Waals surface area contributed by atoms with Gasteiger partial charge < -0.3 is 10.6 Å². The van der Waals surface area contributed by atoms with Crippen molar-refractivity contribution in [1.82, 2.24) is 20.9 Å². The summed E-state index contributed by atoms with van der Waals surface area (Å²) in [5.74, 6) is -0.324. The highest BCUT2D eigenvalue weighted by atomic mass is 16.2. The van der Waals surface area contributed by atoms with Gasteiger partial charge in [0, 0.05) is 25.6 Å². The number of carbonyl (C=O) groups is 4. The number of amides is 4. The molecule has 8 nitrogen and oxygen atoms in total. The molecule has 0 spiro atoms. The Labute approximate surface area is 193 Å². The Bertz CT molecular complexity index is 965. The molecule has 3 heterocycles. The summed E-state index contributed by atoms with van der Waals surface area (Å²) in [5, 5.41) is 9.19. The topological polar surface area (TPSA) is 108 Å². The van der Waals surface area contributed by atoms with E-state index >= 15 is 0 Å². The van der Waals surface area contributed by atoms with E-state index in [9.17, 15) is 19.2 Å². The Morgan fingerprint density at radius 2 is 1.64 bits per heavy atom. The molecule has 4 amide bonds. The molecule has 1 aliphatic carbocycles. The fourth-order valence-electron chi connectivity index (χ4n) is 5.54. The van der Waals surface area contributed by atoms with Gasteiger partial charge in [0.25, 0.3) is 11.8 Å². The molecule has 1 saturated carbocycles. The van der Waals surface area contributed by atoms with Gasteiger partial charge in [0.05, 0.1) is 11.1 Å². The minimum absolute atomic E-state index is 0.130. The summed E-state index contributed by atoms with van der Waals surface area (Å²) >= 11 is 0. The van der Waals surface area contributed by atoms with Gasteiger partial charge in [0.2, 0.25) is 11.8 Å². The molecular weight excluding hydrogens is 420 g/mol. The van der Waals surface area contributed by atoms with Crippen molar-refractivity contribution in [3.8, 4) is 0 Å². The predicted molar refractivity (Wildman–Crippen MR) is 122 cm³/mol. The molecule has 0 radical (unpaired) electrons. The lowest BCUT2D eigenvalue weighted by Crippen LogP contribution is -2.56. The minimum atomic E-state index is -0.913. The van der Waals surface area contributed by atoms with Crippen molar-refractivity contribution < 1.29 is 19.2 Å². The number of hydrogen-bond acceptors (Lipinski definition) is 6. The van der Waals surface area contributed by atoms with Crippen molar-refractivity contribution in [2.24, 2.45) is 11.8 Å². The van der Waals surface area contributed by atoms with E-state index in [1.54, 1.807) is 6.07 Å². The number of hydrogen-bond donors (Lipinski definition) is 3. The highest BCUT2D eigenvalue weighted by Gasteiger charge is 2.44. The van der Waals surface area contributed by atoms with Gasteiger partial charge in [-0.25, -0.2) is 0 Å². The number of aryl methyl sites for hydroxylation is 1. The zero-order chi connectivity index (χ0) is 22.9. The summed E-state index contributed by atoms with van der Waals surface area (Å²) in [6, 6.07) is 5.21.